The lowest BCUT2D eigenvalue weighted by atomic mass is 9.96. The zero-order chi connectivity index (χ0) is 20.1. The largest absolute Gasteiger partial charge is 0.497 e. The second kappa shape index (κ2) is 8.68. The third kappa shape index (κ3) is 4.51. The first-order valence-electron chi connectivity index (χ1n) is 9.67. The summed E-state index contributed by atoms with van der Waals surface area (Å²) in [5.74, 6) is 1.73. The maximum atomic E-state index is 12.5. The van der Waals surface area contributed by atoms with Crippen molar-refractivity contribution in [3.8, 4) is 17.0 Å². The van der Waals surface area contributed by atoms with Crippen molar-refractivity contribution in [3.63, 3.8) is 0 Å². The molecule has 4 rings (SSSR count). The van der Waals surface area contributed by atoms with Gasteiger partial charge in [-0.3, -0.25) is 9.78 Å². The fraction of sp³-hybridized carbons (Fsp3) is 0.273. The summed E-state index contributed by atoms with van der Waals surface area (Å²) in [6, 6.07) is 15.3. The van der Waals surface area contributed by atoms with Crippen molar-refractivity contribution in [3.05, 3.63) is 60.9 Å². The minimum Gasteiger partial charge on any atom is -0.497 e. The van der Waals surface area contributed by atoms with E-state index < -0.39 is 0 Å². The van der Waals surface area contributed by atoms with Crippen LogP contribution >= 0.6 is 0 Å². The van der Waals surface area contributed by atoms with E-state index in [0.717, 1.165) is 54.4 Å². The van der Waals surface area contributed by atoms with Crippen LogP contribution in [0.5, 0.6) is 5.75 Å². The monoisotopic (exact) mass is 389 g/mol. The van der Waals surface area contributed by atoms with Gasteiger partial charge in [0.05, 0.1) is 12.8 Å². The first kappa shape index (κ1) is 18.9. The van der Waals surface area contributed by atoms with Crippen molar-refractivity contribution < 1.29 is 9.53 Å². The number of benzene rings is 1. The SMILES string of the molecule is COc1ccc(-c2ccc(N3CCC(C(=O)Nc4ccncc4)CC3)nn2)cc1. The maximum Gasteiger partial charge on any atom is 0.227 e. The van der Waals surface area contributed by atoms with Crippen LogP contribution in [0.2, 0.25) is 0 Å². The summed E-state index contributed by atoms with van der Waals surface area (Å²) in [4.78, 5) is 18.6. The van der Waals surface area contributed by atoms with Gasteiger partial charge in [-0.2, -0.15) is 0 Å². The van der Waals surface area contributed by atoms with Crippen LogP contribution in [0.4, 0.5) is 11.5 Å². The normalized spacial score (nSPS) is 14.4. The average Bonchev–Trinajstić information content (AvgIpc) is 2.80. The van der Waals surface area contributed by atoms with Gasteiger partial charge in [0, 0.05) is 42.7 Å². The Morgan fingerprint density at radius 2 is 1.72 bits per heavy atom. The molecule has 0 atom stereocenters. The van der Waals surface area contributed by atoms with Crippen molar-refractivity contribution in [2.75, 3.05) is 30.4 Å². The molecule has 1 amide bonds. The van der Waals surface area contributed by atoms with Crippen LogP contribution in [0.15, 0.2) is 60.9 Å². The van der Waals surface area contributed by atoms with Crippen molar-refractivity contribution in [2.24, 2.45) is 5.92 Å². The Labute approximate surface area is 169 Å². The lowest BCUT2D eigenvalue weighted by molar-refractivity contribution is -0.120. The molecule has 29 heavy (non-hydrogen) atoms. The summed E-state index contributed by atoms with van der Waals surface area (Å²) >= 11 is 0. The van der Waals surface area contributed by atoms with Crippen molar-refractivity contribution in [1.29, 1.82) is 0 Å². The number of methoxy groups -OCH3 is 1. The number of carbonyl (C=O) groups is 1. The third-order valence-corrected chi connectivity index (χ3v) is 5.17. The molecular formula is C22H23N5O2. The molecule has 1 aliphatic rings. The van der Waals surface area contributed by atoms with Crippen LogP contribution in [-0.4, -0.2) is 41.3 Å². The minimum atomic E-state index is 0.00551. The summed E-state index contributed by atoms with van der Waals surface area (Å²) in [7, 11) is 1.65. The van der Waals surface area contributed by atoms with Crippen LogP contribution in [0.25, 0.3) is 11.3 Å². The van der Waals surface area contributed by atoms with Crippen LogP contribution in [0, 0.1) is 5.92 Å². The van der Waals surface area contributed by atoms with Crippen molar-refractivity contribution in [2.45, 2.75) is 12.8 Å². The smallest absolute Gasteiger partial charge is 0.227 e. The highest BCUT2D eigenvalue weighted by Crippen LogP contribution is 2.25. The predicted molar refractivity (Wildman–Crippen MR) is 112 cm³/mol. The number of ether oxygens (including phenoxy) is 1. The summed E-state index contributed by atoms with van der Waals surface area (Å²) in [5, 5.41) is 11.7. The minimum absolute atomic E-state index is 0.00551. The molecule has 1 aromatic carbocycles. The van der Waals surface area contributed by atoms with Crippen LogP contribution in [0.1, 0.15) is 12.8 Å². The lowest BCUT2D eigenvalue weighted by Gasteiger charge is -2.31. The van der Waals surface area contributed by atoms with Gasteiger partial charge in [0.15, 0.2) is 5.82 Å². The van der Waals surface area contributed by atoms with E-state index in [1.165, 1.54) is 0 Å². The van der Waals surface area contributed by atoms with Gasteiger partial charge in [0.2, 0.25) is 5.91 Å². The van der Waals surface area contributed by atoms with Gasteiger partial charge in [0.1, 0.15) is 5.75 Å². The van der Waals surface area contributed by atoms with Crippen LogP contribution in [-0.2, 0) is 4.79 Å². The molecule has 1 aliphatic heterocycles. The number of pyridine rings is 1. The van der Waals surface area contributed by atoms with Gasteiger partial charge in [-0.1, -0.05) is 0 Å². The van der Waals surface area contributed by atoms with Crippen LogP contribution in [0.3, 0.4) is 0 Å². The molecule has 1 fully saturated rings. The van der Waals surface area contributed by atoms with Gasteiger partial charge in [0.25, 0.3) is 0 Å². The molecule has 2 aromatic heterocycles. The third-order valence-electron chi connectivity index (χ3n) is 5.17. The highest BCUT2D eigenvalue weighted by atomic mass is 16.5. The first-order chi connectivity index (χ1) is 14.2. The van der Waals surface area contributed by atoms with Gasteiger partial charge in [-0.15, -0.1) is 10.2 Å². The van der Waals surface area contributed by atoms with E-state index in [-0.39, 0.29) is 11.8 Å². The van der Waals surface area contributed by atoms with Gasteiger partial charge < -0.3 is 15.0 Å². The Hall–Kier alpha value is -3.48. The van der Waals surface area contributed by atoms with Crippen LogP contribution < -0.4 is 15.0 Å². The molecule has 0 aliphatic carbocycles. The Morgan fingerprint density at radius 1 is 1.00 bits per heavy atom. The Morgan fingerprint density at radius 3 is 2.34 bits per heavy atom. The van der Waals surface area contributed by atoms with E-state index >= 15 is 0 Å². The van der Waals surface area contributed by atoms with E-state index in [1.807, 2.05) is 36.4 Å². The van der Waals surface area contributed by atoms with E-state index in [9.17, 15) is 4.79 Å². The predicted octanol–water partition coefficient (Wildman–Crippen LogP) is 3.40. The molecule has 0 spiro atoms. The summed E-state index contributed by atoms with van der Waals surface area (Å²) < 4.78 is 5.19. The lowest BCUT2D eigenvalue weighted by Crippen LogP contribution is -2.38. The Balaban J connectivity index is 1.34. The van der Waals surface area contributed by atoms with Gasteiger partial charge in [-0.25, -0.2) is 0 Å². The number of piperidine rings is 1. The summed E-state index contributed by atoms with van der Waals surface area (Å²) in [5.41, 5.74) is 2.60. The zero-order valence-electron chi connectivity index (χ0n) is 16.3. The molecule has 3 heterocycles. The van der Waals surface area contributed by atoms with Gasteiger partial charge >= 0.3 is 0 Å². The standard InChI is InChI=1S/C22H23N5O2/c1-29-19-4-2-16(3-5-19)20-6-7-21(26-25-20)27-14-10-17(11-15-27)22(28)24-18-8-12-23-13-9-18/h2-9,12-13,17H,10-11,14-15H2,1H3,(H,23,24,28). The van der Waals surface area contributed by atoms with Crippen molar-refractivity contribution in [1.82, 2.24) is 15.2 Å². The summed E-state index contributed by atoms with van der Waals surface area (Å²) in [6.45, 7) is 1.57. The summed E-state index contributed by atoms with van der Waals surface area (Å²) in [6.07, 6.45) is 4.93. The fourth-order valence-electron chi connectivity index (χ4n) is 3.46. The average molecular weight is 389 g/mol. The first-order valence-corrected chi connectivity index (χ1v) is 9.67. The number of hydrogen-bond donors (Lipinski definition) is 1. The van der Waals surface area contributed by atoms with E-state index in [4.69, 9.17) is 4.74 Å². The number of nitrogens with one attached hydrogen (secondary N) is 1. The van der Waals surface area contributed by atoms with E-state index in [0.29, 0.717) is 0 Å². The molecule has 1 saturated heterocycles. The zero-order valence-corrected chi connectivity index (χ0v) is 16.3. The number of rotatable bonds is 5. The molecule has 0 unspecified atom stereocenters. The highest BCUT2D eigenvalue weighted by Gasteiger charge is 2.25. The Kier molecular flexibility index (Phi) is 5.65. The molecule has 7 heteroatoms. The second-order valence-corrected chi connectivity index (χ2v) is 6.99. The fourth-order valence-corrected chi connectivity index (χ4v) is 3.46. The Bertz CT molecular complexity index is 937. The number of anilines is 2. The second-order valence-electron chi connectivity index (χ2n) is 6.99. The molecule has 148 valence electrons. The quantitative estimate of drug-likeness (QED) is 0.720. The molecule has 3 aromatic rings. The van der Waals surface area contributed by atoms with Crippen molar-refractivity contribution >= 4 is 17.4 Å². The van der Waals surface area contributed by atoms with E-state index in [1.54, 1.807) is 31.6 Å². The maximum absolute atomic E-state index is 12.5. The topological polar surface area (TPSA) is 80.2 Å². The number of aromatic nitrogens is 3. The highest BCUT2D eigenvalue weighted by molar-refractivity contribution is 5.92. The van der Waals surface area contributed by atoms with E-state index in [2.05, 4.69) is 25.4 Å². The molecule has 0 saturated carbocycles. The molecule has 0 bridgehead atoms. The molecule has 7 nitrogen and oxygen atoms in total. The number of amides is 1. The molecule has 0 radical (unpaired) electrons. The number of carbonyl (C=O) groups excluding carboxylic acids is 1. The van der Waals surface area contributed by atoms with Gasteiger partial charge in [-0.05, 0) is 61.4 Å². The number of nitrogens with zero attached hydrogens (tertiary/aromatic N) is 4. The molecule has 1 N–H and O–H groups in total. The number of hydrogen-bond acceptors (Lipinski definition) is 6. The molecular weight excluding hydrogens is 366 g/mol.